The van der Waals surface area contributed by atoms with E-state index >= 15 is 0 Å². The number of esters is 2. The van der Waals surface area contributed by atoms with Crippen molar-refractivity contribution in [3.63, 3.8) is 0 Å². The van der Waals surface area contributed by atoms with Gasteiger partial charge in [0.25, 0.3) is 0 Å². The molecule has 0 saturated carbocycles. The van der Waals surface area contributed by atoms with Gasteiger partial charge in [-0.25, -0.2) is 0 Å². The van der Waals surface area contributed by atoms with Crippen LogP contribution in [0.5, 0.6) is 0 Å². The molecule has 0 aliphatic carbocycles. The molecule has 0 aromatic rings. The van der Waals surface area contributed by atoms with Gasteiger partial charge in [-0.05, 0) is 0 Å². The predicted octanol–water partition coefficient (Wildman–Crippen LogP) is 1.11. The van der Waals surface area contributed by atoms with Gasteiger partial charge in [-0.1, -0.05) is 0 Å². The van der Waals surface area contributed by atoms with Gasteiger partial charge in [-0.15, -0.1) is 0 Å². The average molecular weight is 366 g/mol. The number of hydrogen-bond acceptors (Lipinski definition) is 6. The third-order valence-electron chi connectivity index (χ3n) is 1.33. The third-order valence-corrected chi connectivity index (χ3v) is 10.6. The Bertz CT molecular complexity index is 181. The molecule has 0 heterocycles. The van der Waals surface area contributed by atoms with Gasteiger partial charge in [0, 0.05) is 0 Å². The summed E-state index contributed by atoms with van der Waals surface area (Å²) in [6.45, 7) is 0. The van der Waals surface area contributed by atoms with Crippen LogP contribution >= 0.6 is 18.0 Å². The first-order chi connectivity index (χ1) is 7.20. The molecule has 0 N–H and O–H groups in total. The van der Waals surface area contributed by atoms with Crippen molar-refractivity contribution in [2.75, 3.05) is 25.7 Å². The molecule has 0 aromatic carbocycles. The van der Waals surface area contributed by atoms with E-state index in [4.69, 9.17) is 0 Å². The van der Waals surface area contributed by atoms with Crippen LogP contribution in [0.1, 0.15) is 12.8 Å². The van der Waals surface area contributed by atoms with Crippen LogP contribution in [0.25, 0.3) is 0 Å². The van der Waals surface area contributed by atoms with E-state index in [2.05, 4.69) is 9.47 Å². The standard InChI is InChI=1S/C8H14O4S2Te/c1-11-7(9)3-5-13-15-14-6-4-8(10)12-2/h3-6H2,1-2H3. The molecule has 0 radical (unpaired) electrons. The van der Waals surface area contributed by atoms with Crippen LogP contribution < -0.4 is 0 Å². The fourth-order valence-corrected chi connectivity index (χ4v) is 8.54. The summed E-state index contributed by atoms with van der Waals surface area (Å²) in [5.41, 5.74) is 0. The number of methoxy groups -OCH3 is 2. The average Bonchev–Trinajstić information content (AvgIpc) is 2.26. The SMILES string of the molecule is COC(=O)CCS[Te]SCCC(=O)OC. The maximum absolute atomic E-state index is 10.7. The van der Waals surface area contributed by atoms with E-state index in [1.165, 1.54) is 14.2 Å². The van der Waals surface area contributed by atoms with Crippen molar-refractivity contribution in [2.45, 2.75) is 12.8 Å². The van der Waals surface area contributed by atoms with Gasteiger partial charge in [0.05, 0.1) is 0 Å². The van der Waals surface area contributed by atoms with E-state index < -0.39 is 0 Å². The summed E-state index contributed by atoms with van der Waals surface area (Å²) in [5.74, 6) is 1.32. The molecule has 0 bridgehead atoms. The van der Waals surface area contributed by atoms with E-state index in [0.29, 0.717) is 12.8 Å². The molecule has 0 rings (SSSR count). The van der Waals surface area contributed by atoms with Crippen molar-refractivity contribution in [3.05, 3.63) is 0 Å². The van der Waals surface area contributed by atoms with Crippen molar-refractivity contribution in [1.29, 1.82) is 0 Å². The fourth-order valence-electron chi connectivity index (χ4n) is 0.556. The second-order valence-corrected chi connectivity index (χ2v) is 11.7. The Morgan fingerprint density at radius 2 is 1.40 bits per heavy atom. The molecular formula is C8H14O4S2Te. The summed E-state index contributed by atoms with van der Waals surface area (Å²) >= 11 is -0.198. The van der Waals surface area contributed by atoms with E-state index in [-0.39, 0.29) is 30.1 Å². The van der Waals surface area contributed by atoms with Crippen molar-refractivity contribution in [2.24, 2.45) is 0 Å². The van der Waals surface area contributed by atoms with Crippen LogP contribution in [-0.4, -0.2) is 55.8 Å². The van der Waals surface area contributed by atoms with Crippen LogP contribution in [0.3, 0.4) is 0 Å². The zero-order valence-electron chi connectivity index (χ0n) is 8.69. The van der Waals surface area contributed by atoms with Crippen LogP contribution in [0.15, 0.2) is 0 Å². The molecule has 4 nitrogen and oxygen atoms in total. The van der Waals surface area contributed by atoms with Crippen molar-refractivity contribution in [3.8, 4) is 0 Å². The first-order valence-corrected chi connectivity index (χ1v) is 11.8. The summed E-state index contributed by atoms with van der Waals surface area (Å²) in [6.07, 6.45) is 0.951. The Labute approximate surface area is 105 Å². The summed E-state index contributed by atoms with van der Waals surface area (Å²) in [5, 5.41) is 0. The zero-order valence-corrected chi connectivity index (χ0v) is 12.6. The maximum atomic E-state index is 10.7. The second-order valence-electron chi connectivity index (χ2n) is 2.36. The van der Waals surface area contributed by atoms with Crippen LogP contribution in [0, 0.1) is 0 Å². The quantitative estimate of drug-likeness (QED) is 0.365. The summed E-state index contributed by atoms with van der Waals surface area (Å²) in [4.78, 5) is 21.5. The van der Waals surface area contributed by atoms with Gasteiger partial charge < -0.3 is 0 Å². The predicted molar refractivity (Wildman–Crippen MR) is 63.9 cm³/mol. The van der Waals surface area contributed by atoms with E-state index in [1.807, 2.05) is 0 Å². The van der Waals surface area contributed by atoms with Gasteiger partial charge in [0.1, 0.15) is 0 Å². The molecule has 0 aromatic heterocycles. The molecule has 0 aliphatic rings. The Morgan fingerprint density at radius 3 is 1.73 bits per heavy atom. The van der Waals surface area contributed by atoms with Crippen molar-refractivity contribution in [1.82, 2.24) is 0 Å². The number of ether oxygens (including phenoxy) is 2. The van der Waals surface area contributed by atoms with Gasteiger partial charge in [0.2, 0.25) is 0 Å². The summed E-state index contributed by atoms with van der Waals surface area (Å²) in [7, 11) is 6.39. The van der Waals surface area contributed by atoms with E-state index in [9.17, 15) is 9.59 Å². The molecule has 88 valence electrons. The molecule has 15 heavy (non-hydrogen) atoms. The molecule has 0 fully saturated rings. The fraction of sp³-hybridized carbons (Fsp3) is 0.750. The van der Waals surface area contributed by atoms with Crippen LogP contribution in [0.4, 0.5) is 0 Å². The Balaban J connectivity index is 3.11. The molecular weight excluding hydrogens is 352 g/mol. The van der Waals surface area contributed by atoms with Gasteiger partial charge in [-0.3, -0.25) is 0 Å². The molecule has 7 heteroatoms. The van der Waals surface area contributed by atoms with Crippen LogP contribution in [0.2, 0.25) is 0 Å². The van der Waals surface area contributed by atoms with Gasteiger partial charge in [-0.2, -0.15) is 0 Å². The van der Waals surface area contributed by atoms with Crippen LogP contribution in [-0.2, 0) is 19.1 Å². The Kier molecular flexibility index (Phi) is 11.2. The third kappa shape index (κ3) is 10.7. The molecule has 0 saturated heterocycles. The molecule has 0 aliphatic heterocycles. The first kappa shape index (κ1) is 15.4. The molecule has 0 atom stereocenters. The molecule has 0 spiro atoms. The number of hydrogen-bond donors (Lipinski definition) is 0. The van der Waals surface area contributed by atoms with E-state index in [1.54, 1.807) is 18.0 Å². The van der Waals surface area contributed by atoms with Crippen molar-refractivity contribution >= 4 is 48.1 Å². The zero-order chi connectivity index (χ0) is 11.5. The summed E-state index contributed by atoms with van der Waals surface area (Å²) in [6, 6.07) is 0. The Morgan fingerprint density at radius 1 is 1.00 bits per heavy atom. The van der Waals surface area contributed by atoms with Gasteiger partial charge in [0.15, 0.2) is 0 Å². The second kappa shape index (κ2) is 10.9. The Hall–Kier alpha value is 0.430. The summed E-state index contributed by atoms with van der Waals surface area (Å²) < 4.78 is 9.04. The van der Waals surface area contributed by atoms with E-state index in [0.717, 1.165) is 11.5 Å². The minimum atomic E-state index is -0.198. The minimum absolute atomic E-state index is 0.158. The van der Waals surface area contributed by atoms with Crippen molar-refractivity contribution < 1.29 is 19.1 Å². The monoisotopic (exact) mass is 368 g/mol. The number of rotatable bonds is 8. The molecule has 0 unspecified atom stereocenters. The normalized spacial score (nSPS) is 9.73. The number of carbonyl (C=O) groups is 2. The topological polar surface area (TPSA) is 52.6 Å². The van der Waals surface area contributed by atoms with Gasteiger partial charge >= 0.3 is 106 Å². The number of carbonyl (C=O) groups excluding carboxylic acids is 2. The first-order valence-electron chi connectivity index (χ1n) is 4.25. The molecule has 0 amide bonds.